The number of amides is 1. The summed E-state index contributed by atoms with van der Waals surface area (Å²) >= 11 is 1.75. The average Bonchev–Trinajstić information content (AvgIpc) is 3.19. The maximum atomic E-state index is 12.6. The summed E-state index contributed by atoms with van der Waals surface area (Å²) in [7, 11) is 0. The highest BCUT2D eigenvalue weighted by Gasteiger charge is 2.18. The van der Waals surface area contributed by atoms with E-state index in [1.807, 2.05) is 60.7 Å². The minimum atomic E-state index is -0.178. The lowest BCUT2D eigenvalue weighted by Gasteiger charge is -2.16. The van der Waals surface area contributed by atoms with Crippen LogP contribution in [0.4, 0.5) is 0 Å². The summed E-state index contributed by atoms with van der Waals surface area (Å²) in [5.74, 6) is 2.22. The van der Waals surface area contributed by atoms with E-state index in [2.05, 4.69) is 27.6 Å². The summed E-state index contributed by atoms with van der Waals surface area (Å²) in [6.45, 7) is -0.0334. The molecule has 148 valence electrons. The number of ether oxygens (including phenoxy) is 1. The largest absolute Gasteiger partial charge is 0.484 e. The monoisotopic (exact) mass is 405 g/mol. The van der Waals surface area contributed by atoms with Crippen LogP contribution in [0.25, 0.3) is 21.8 Å². The quantitative estimate of drug-likeness (QED) is 0.446. The number of para-hydroxylation sites is 2. The molecule has 4 aromatic rings. The van der Waals surface area contributed by atoms with Gasteiger partial charge in [0.2, 0.25) is 0 Å². The maximum absolute atomic E-state index is 12.6. The third-order valence-corrected chi connectivity index (χ3v) is 5.42. The molecule has 29 heavy (non-hydrogen) atoms. The van der Waals surface area contributed by atoms with Gasteiger partial charge in [-0.3, -0.25) is 4.79 Å². The molecule has 1 unspecified atom stereocenters. The van der Waals surface area contributed by atoms with Gasteiger partial charge in [-0.25, -0.2) is 4.98 Å². The van der Waals surface area contributed by atoms with Gasteiger partial charge in [0.1, 0.15) is 11.6 Å². The summed E-state index contributed by atoms with van der Waals surface area (Å²) in [5.41, 5.74) is 1.87. The predicted octanol–water partition coefficient (Wildman–Crippen LogP) is 4.71. The van der Waals surface area contributed by atoms with E-state index in [1.54, 1.807) is 11.8 Å². The van der Waals surface area contributed by atoms with Crippen LogP contribution in [0.2, 0.25) is 0 Å². The van der Waals surface area contributed by atoms with Crippen molar-refractivity contribution in [1.82, 2.24) is 15.3 Å². The molecule has 0 spiro atoms. The highest BCUT2D eigenvalue weighted by atomic mass is 32.2. The number of fused-ring (bicyclic) bond motifs is 2. The van der Waals surface area contributed by atoms with Gasteiger partial charge in [0.05, 0.1) is 17.1 Å². The minimum absolute atomic E-state index is 0.0334. The smallest absolute Gasteiger partial charge is 0.258 e. The molecular formula is C23H23N3O2S. The standard InChI is InChI=1S/C23H23N3O2S/c1-29-13-12-21(23-25-19-8-4-5-9-20(19)26-23)24-22(27)15-28-18-11-10-16-6-2-3-7-17(16)14-18/h2-11,14,21H,12-13,15H2,1H3,(H,24,27)(H,25,26). The molecule has 0 fully saturated rings. The number of H-pyrrole nitrogens is 1. The van der Waals surface area contributed by atoms with Crippen molar-refractivity contribution in [3.8, 4) is 5.75 Å². The molecule has 0 radical (unpaired) electrons. The van der Waals surface area contributed by atoms with Crippen molar-refractivity contribution >= 4 is 39.5 Å². The van der Waals surface area contributed by atoms with Crippen LogP contribution >= 0.6 is 11.8 Å². The van der Waals surface area contributed by atoms with Crippen LogP contribution in [0.5, 0.6) is 5.75 Å². The van der Waals surface area contributed by atoms with Crippen LogP contribution in [0.3, 0.4) is 0 Å². The zero-order valence-corrected chi connectivity index (χ0v) is 17.0. The zero-order chi connectivity index (χ0) is 20.1. The van der Waals surface area contributed by atoms with Gasteiger partial charge in [0.15, 0.2) is 6.61 Å². The van der Waals surface area contributed by atoms with E-state index in [0.717, 1.165) is 39.8 Å². The number of benzene rings is 3. The first kappa shape index (κ1) is 19.3. The Hall–Kier alpha value is -2.99. The minimum Gasteiger partial charge on any atom is -0.484 e. The van der Waals surface area contributed by atoms with Crippen LogP contribution in [0, 0.1) is 0 Å². The Morgan fingerprint density at radius 3 is 2.72 bits per heavy atom. The molecule has 2 N–H and O–H groups in total. The molecule has 0 bridgehead atoms. The number of hydrogen-bond acceptors (Lipinski definition) is 4. The third-order valence-electron chi connectivity index (χ3n) is 4.77. The van der Waals surface area contributed by atoms with E-state index in [0.29, 0.717) is 5.75 Å². The Labute approximate surface area is 173 Å². The van der Waals surface area contributed by atoms with E-state index >= 15 is 0 Å². The molecule has 1 aromatic heterocycles. The number of carbonyl (C=O) groups is 1. The summed E-state index contributed by atoms with van der Waals surface area (Å²) in [5, 5.41) is 5.30. The van der Waals surface area contributed by atoms with Crippen molar-refractivity contribution in [1.29, 1.82) is 0 Å². The third kappa shape index (κ3) is 4.71. The molecule has 4 rings (SSSR count). The van der Waals surface area contributed by atoms with E-state index in [4.69, 9.17) is 4.74 Å². The molecule has 1 amide bonds. The van der Waals surface area contributed by atoms with Gasteiger partial charge in [-0.2, -0.15) is 11.8 Å². The number of thioether (sulfide) groups is 1. The fourth-order valence-electron chi connectivity index (χ4n) is 3.29. The number of carbonyl (C=O) groups excluding carboxylic acids is 1. The van der Waals surface area contributed by atoms with Crippen LogP contribution in [0.15, 0.2) is 66.7 Å². The van der Waals surface area contributed by atoms with Crippen LogP contribution < -0.4 is 10.1 Å². The number of nitrogens with one attached hydrogen (secondary N) is 2. The van der Waals surface area contributed by atoms with E-state index < -0.39 is 0 Å². The Balaban J connectivity index is 1.42. The zero-order valence-electron chi connectivity index (χ0n) is 16.2. The maximum Gasteiger partial charge on any atom is 0.258 e. The van der Waals surface area contributed by atoms with Crippen LogP contribution in [0.1, 0.15) is 18.3 Å². The molecule has 1 atom stereocenters. The molecule has 0 aliphatic heterocycles. The van der Waals surface area contributed by atoms with Gasteiger partial charge in [-0.15, -0.1) is 0 Å². The first-order valence-corrected chi connectivity index (χ1v) is 11.0. The van der Waals surface area contributed by atoms with E-state index in [9.17, 15) is 4.79 Å². The van der Waals surface area contributed by atoms with Gasteiger partial charge in [-0.1, -0.05) is 42.5 Å². The second-order valence-corrected chi connectivity index (χ2v) is 7.82. The van der Waals surface area contributed by atoms with Gasteiger partial charge >= 0.3 is 0 Å². The Morgan fingerprint density at radius 2 is 1.90 bits per heavy atom. The van der Waals surface area contributed by atoms with Gasteiger partial charge in [0, 0.05) is 0 Å². The van der Waals surface area contributed by atoms with Crippen LogP contribution in [-0.4, -0.2) is 34.5 Å². The Bertz CT molecular complexity index is 1090. The molecule has 0 aliphatic rings. The van der Waals surface area contributed by atoms with Gasteiger partial charge < -0.3 is 15.0 Å². The lowest BCUT2D eigenvalue weighted by Crippen LogP contribution is -2.33. The first-order chi connectivity index (χ1) is 14.2. The number of imidazole rings is 1. The van der Waals surface area contributed by atoms with E-state index in [-0.39, 0.29) is 18.6 Å². The van der Waals surface area contributed by atoms with Crippen LogP contribution in [-0.2, 0) is 4.79 Å². The summed E-state index contributed by atoms with van der Waals surface area (Å²) in [6, 6.07) is 21.6. The SMILES string of the molecule is CSCCC(NC(=O)COc1ccc2ccccc2c1)c1nc2ccccc2[nH]1. The van der Waals surface area contributed by atoms with Crippen molar-refractivity contribution < 1.29 is 9.53 Å². The number of aromatic nitrogens is 2. The fourth-order valence-corrected chi connectivity index (χ4v) is 3.76. The van der Waals surface area contributed by atoms with Crippen molar-refractivity contribution in [2.75, 3.05) is 18.6 Å². The number of nitrogens with zero attached hydrogens (tertiary/aromatic N) is 1. The van der Waals surface area contributed by atoms with Crippen molar-refractivity contribution in [3.05, 3.63) is 72.6 Å². The average molecular weight is 406 g/mol. The molecule has 6 heteroatoms. The molecule has 0 saturated carbocycles. The molecule has 5 nitrogen and oxygen atoms in total. The Morgan fingerprint density at radius 1 is 1.10 bits per heavy atom. The molecule has 0 saturated heterocycles. The molecule has 3 aromatic carbocycles. The van der Waals surface area contributed by atoms with Gasteiger partial charge in [0.25, 0.3) is 5.91 Å². The fraction of sp³-hybridized carbons (Fsp3) is 0.217. The summed E-state index contributed by atoms with van der Waals surface area (Å²) in [6.07, 6.45) is 2.85. The lowest BCUT2D eigenvalue weighted by molar-refractivity contribution is -0.123. The number of hydrogen-bond donors (Lipinski definition) is 2. The number of aromatic amines is 1. The van der Waals surface area contributed by atoms with Crippen molar-refractivity contribution in [2.45, 2.75) is 12.5 Å². The topological polar surface area (TPSA) is 67.0 Å². The van der Waals surface area contributed by atoms with E-state index in [1.165, 1.54) is 0 Å². The van der Waals surface area contributed by atoms with Crippen molar-refractivity contribution in [3.63, 3.8) is 0 Å². The molecular weight excluding hydrogens is 382 g/mol. The molecule has 0 aliphatic carbocycles. The summed E-state index contributed by atoms with van der Waals surface area (Å²) in [4.78, 5) is 20.5. The predicted molar refractivity (Wildman–Crippen MR) is 119 cm³/mol. The molecule has 1 heterocycles. The first-order valence-electron chi connectivity index (χ1n) is 9.57. The number of rotatable bonds is 8. The summed E-state index contributed by atoms with van der Waals surface area (Å²) < 4.78 is 5.73. The Kier molecular flexibility index (Phi) is 6.00. The highest BCUT2D eigenvalue weighted by Crippen LogP contribution is 2.22. The normalized spacial score (nSPS) is 12.2. The van der Waals surface area contributed by atoms with Gasteiger partial charge in [-0.05, 0) is 53.5 Å². The second kappa shape index (κ2) is 9.01. The second-order valence-electron chi connectivity index (χ2n) is 6.84. The highest BCUT2D eigenvalue weighted by molar-refractivity contribution is 7.98. The van der Waals surface area contributed by atoms with Crippen molar-refractivity contribution in [2.24, 2.45) is 0 Å². The lowest BCUT2D eigenvalue weighted by atomic mass is 10.1.